The number of hydrogen-bond acceptors (Lipinski definition) is 3. The van der Waals surface area contributed by atoms with E-state index in [1.807, 2.05) is 0 Å². The average molecular weight is 227 g/mol. The van der Waals surface area contributed by atoms with Crippen LogP contribution in [0.5, 0.6) is 0 Å². The fourth-order valence-electron chi connectivity index (χ4n) is 1.03. The number of halogens is 5. The number of nitrogens with zero attached hydrogens (tertiary/aromatic N) is 1. The molecule has 3 nitrogen and oxygen atoms in total. The van der Waals surface area contributed by atoms with Crippen molar-refractivity contribution in [2.75, 3.05) is 11.5 Å². The molecule has 4 N–H and O–H groups in total. The number of aromatic nitrogens is 1. The number of alkyl halides is 5. The van der Waals surface area contributed by atoms with E-state index < -0.39 is 35.2 Å². The van der Waals surface area contributed by atoms with Gasteiger partial charge in [-0.05, 0) is 0 Å². The number of nitrogen functional groups attached to an aromatic ring is 2. The molecule has 1 aromatic rings. The molecule has 0 atom stereocenters. The van der Waals surface area contributed by atoms with Crippen LogP contribution in [0.3, 0.4) is 0 Å². The largest absolute Gasteiger partial charge is 0.435 e. The third-order valence-electron chi connectivity index (χ3n) is 1.68. The van der Waals surface area contributed by atoms with Crippen LogP contribution in [0.2, 0.25) is 0 Å². The van der Waals surface area contributed by atoms with Crippen LogP contribution in [0, 0.1) is 0 Å². The highest BCUT2D eigenvalue weighted by Crippen LogP contribution is 2.38. The number of rotatable bonds is 1. The Hall–Kier alpha value is -1.60. The maximum Gasteiger partial charge on any atom is 0.435 e. The molecule has 1 aromatic heterocycles. The van der Waals surface area contributed by atoms with Crippen molar-refractivity contribution in [3.8, 4) is 0 Å². The molecule has 0 spiro atoms. The number of anilines is 2. The van der Waals surface area contributed by atoms with Crippen LogP contribution in [0.1, 0.15) is 17.7 Å². The van der Waals surface area contributed by atoms with Crippen LogP contribution >= 0.6 is 0 Å². The normalized spacial score (nSPS) is 12.1. The summed E-state index contributed by atoms with van der Waals surface area (Å²) in [6.07, 6.45) is -7.53. The van der Waals surface area contributed by atoms with Crippen LogP contribution in [0.15, 0.2) is 6.20 Å². The first-order valence-electron chi connectivity index (χ1n) is 3.64. The highest BCUT2D eigenvalue weighted by Gasteiger charge is 2.37. The Morgan fingerprint density at radius 3 is 2.13 bits per heavy atom. The summed E-state index contributed by atoms with van der Waals surface area (Å²) in [7, 11) is 0. The SMILES string of the molecule is Nc1cnc(C(F)(F)F)c(N)c1C(F)F. The molecule has 0 aromatic carbocycles. The van der Waals surface area contributed by atoms with Gasteiger partial charge in [0, 0.05) is 0 Å². The molecule has 15 heavy (non-hydrogen) atoms. The van der Waals surface area contributed by atoms with Gasteiger partial charge in [0.1, 0.15) is 0 Å². The molecule has 1 heterocycles. The molecular formula is C7H6F5N3. The van der Waals surface area contributed by atoms with Crippen molar-refractivity contribution < 1.29 is 22.0 Å². The standard InChI is InChI=1S/C7H6F5N3/c8-6(9)3-2(13)1-15-5(4(3)14)7(10,11)12/h1,6H,13-14H2. The Kier molecular flexibility index (Phi) is 2.69. The van der Waals surface area contributed by atoms with Gasteiger partial charge in [0.25, 0.3) is 6.43 Å². The molecule has 0 aliphatic rings. The first-order chi connectivity index (χ1) is 6.75. The van der Waals surface area contributed by atoms with Gasteiger partial charge < -0.3 is 11.5 Å². The molecule has 0 aliphatic heterocycles. The topological polar surface area (TPSA) is 64.9 Å². The second-order valence-corrected chi connectivity index (χ2v) is 2.69. The van der Waals surface area contributed by atoms with Gasteiger partial charge in [-0.15, -0.1) is 0 Å². The van der Waals surface area contributed by atoms with E-state index >= 15 is 0 Å². The predicted octanol–water partition coefficient (Wildman–Crippen LogP) is 2.20. The van der Waals surface area contributed by atoms with Crippen LogP contribution in [-0.4, -0.2) is 4.98 Å². The first-order valence-corrected chi connectivity index (χ1v) is 3.64. The Morgan fingerprint density at radius 2 is 1.73 bits per heavy atom. The van der Waals surface area contributed by atoms with Crippen molar-refractivity contribution in [3.63, 3.8) is 0 Å². The summed E-state index contributed by atoms with van der Waals surface area (Å²) in [5, 5.41) is 0. The zero-order valence-corrected chi connectivity index (χ0v) is 7.15. The van der Waals surface area contributed by atoms with E-state index in [0.717, 1.165) is 0 Å². The number of pyridine rings is 1. The van der Waals surface area contributed by atoms with Crippen molar-refractivity contribution in [2.24, 2.45) is 0 Å². The molecule has 8 heteroatoms. The van der Waals surface area contributed by atoms with Gasteiger partial charge in [-0.25, -0.2) is 13.8 Å². The van der Waals surface area contributed by atoms with E-state index in [9.17, 15) is 22.0 Å². The van der Waals surface area contributed by atoms with Gasteiger partial charge >= 0.3 is 6.18 Å². The first kappa shape index (κ1) is 11.5. The fraction of sp³-hybridized carbons (Fsp3) is 0.286. The lowest BCUT2D eigenvalue weighted by Gasteiger charge is -2.13. The third-order valence-corrected chi connectivity index (χ3v) is 1.68. The van der Waals surface area contributed by atoms with Crippen LogP contribution in [0.4, 0.5) is 33.3 Å². The van der Waals surface area contributed by atoms with Gasteiger partial charge in [0.15, 0.2) is 5.69 Å². The lowest BCUT2D eigenvalue weighted by atomic mass is 10.1. The van der Waals surface area contributed by atoms with Crippen molar-refractivity contribution in [1.82, 2.24) is 4.98 Å². The average Bonchev–Trinajstić information content (AvgIpc) is 2.00. The van der Waals surface area contributed by atoms with Gasteiger partial charge in [-0.1, -0.05) is 0 Å². The summed E-state index contributed by atoms with van der Waals surface area (Å²) in [6, 6.07) is 0. The minimum atomic E-state index is -4.87. The molecule has 0 saturated carbocycles. The second kappa shape index (κ2) is 3.52. The molecule has 0 radical (unpaired) electrons. The molecule has 0 aliphatic carbocycles. The van der Waals surface area contributed by atoms with Crippen LogP contribution < -0.4 is 11.5 Å². The van der Waals surface area contributed by atoms with E-state index in [1.54, 1.807) is 0 Å². The Morgan fingerprint density at radius 1 is 1.20 bits per heavy atom. The summed E-state index contributed by atoms with van der Waals surface area (Å²) in [4.78, 5) is 2.88. The molecule has 1 rings (SSSR count). The summed E-state index contributed by atoms with van der Waals surface area (Å²) < 4.78 is 61.2. The van der Waals surface area contributed by atoms with Crippen LogP contribution in [-0.2, 0) is 6.18 Å². The highest BCUT2D eigenvalue weighted by atomic mass is 19.4. The molecule has 0 bridgehead atoms. The van der Waals surface area contributed by atoms with Gasteiger partial charge in [-0.3, -0.25) is 0 Å². The molecule has 0 saturated heterocycles. The quantitative estimate of drug-likeness (QED) is 0.723. The zero-order chi connectivity index (χ0) is 11.8. The summed E-state index contributed by atoms with van der Waals surface area (Å²) >= 11 is 0. The smallest absolute Gasteiger partial charge is 0.397 e. The van der Waals surface area contributed by atoms with E-state index in [1.165, 1.54) is 0 Å². The predicted molar refractivity (Wildman–Crippen MR) is 43.0 cm³/mol. The lowest BCUT2D eigenvalue weighted by Crippen LogP contribution is -2.15. The molecule has 0 amide bonds. The van der Waals surface area contributed by atoms with Gasteiger partial charge in [0.05, 0.1) is 23.1 Å². The van der Waals surface area contributed by atoms with E-state index in [2.05, 4.69) is 4.98 Å². The maximum atomic E-state index is 12.3. The fourth-order valence-corrected chi connectivity index (χ4v) is 1.03. The number of hydrogen-bond donors (Lipinski definition) is 2. The Balaban J connectivity index is 3.42. The van der Waals surface area contributed by atoms with Crippen molar-refractivity contribution in [2.45, 2.75) is 12.6 Å². The second-order valence-electron chi connectivity index (χ2n) is 2.69. The minimum absolute atomic E-state index is 0.515. The molecule has 0 unspecified atom stereocenters. The Bertz CT molecular complexity index is 374. The van der Waals surface area contributed by atoms with E-state index in [-0.39, 0.29) is 0 Å². The summed E-state index contributed by atoms with van der Waals surface area (Å²) in [5.74, 6) is 0. The van der Waals surface area contributed by atoms with Gasteiger partial charge in [0.2, 0.25) is 0 Å². The molecule has 84 valence electrons. The van der Waals surface area contributed by atoms with Crippen molar-refractivity contribution in [1.29, 1.82) is 0 Å². The minimum Gasteiger partial charge on any atom is -0.397 e. The monoisotopic (exact) mass is 227 g/mol. The maximum absolute atomic E-state index is 12.3. The van der Waals surface area contributed by atoms with Crippen LogP contribution in [0.25, 0.3) is 0 Å². The highest BCUT2D eigenvalue weighted by molar-refractivity contribution is 5.63. The number of nitrogens with two attached hydrogens (primary N) is 2. The van der Waals surface area contributed by atoms with E-state index in [0.29, 0.717) is 6.20 Å². The lowest BCUT2D eigenvalue weighted by molar-refractivity contribution is -0.140. The van der Waals surface area contributed by atoms with Gasteiger partial charge in [-0.2, -0.15) is 13.2 Å². The van der Waals surface area contributed by atoms with Crippen molar-refractivity contribution >= 4 is 11.4 Å². The summed E-state index contributed by atoms with van der Waals surface area (Å²) in [6.45, 7) is 0. The summed E-state index contributed by atoms with van der Waals surface area (Å²) in [5.41, 5.74) is 5.71. The van der Waals surface area contributed by atoms with Crippen molar-refractivity contribution in [3.05, 3.63) is 17.5 Å². The molecule has 0 fully saturated rings. The third kappa shape index (κ3) is 2.08. The van der Waals surface area contributed by atoms with E-state index in [4.69, 9.17) is 11.5 Å². The zero-order valence-electron chi connectivity index (χ0n) is 7.15. The Labute approximate surface area is 80.9 Å². The molecular weight excluding hydrogens is 221 g/mol.